The molecule has 2 nitrogen and oxygen atoms in total. The third kappa shape index (κ3) is 2.83. The number of hydrogen-bond acceptors (Lipinski definition) is 2. The molecule has 1 atom stereocenters. The molecule has 13 heavy (non-hydrogen) atoms. The summed E-state index contributed by atoms with van der Waals surface area (Å²) in [5, 5.41) is 18.8. The summed E-state index contributed by atoms with van der Waals surface area (Å²) in [6, 6.07) is 9.71. The van der Waals surface area contributed by atoms with Crippen molar-refractivity contribution in [2.75, 3.05) is 6.61 Å². The second-order valence-electron chi connectivity index (χ2n) is 3.40. The molecule has 0 aliphatic heterocycles. The Labute approximate surface area is 78.8 Å². The van der Waals surface area contributed by atoms with E-state index in [9.17, 15) is 5.11 Å². The predicted octanol–water partition coefficient (Wildman–Crippen LogP) is 1.36. The van der Waals surface area contributed by atoms with Crippen molar-refractivity contribution in [3.63, 3.8) is 0 Å². The van der Waals surface area contributed by atoms with Crippen LogP contribution in [-0.2, 0) is 6.42 Å². The second kappa shape index (κ2) is 4.40. The van der Waals surface area contributed by atoms with E-state index in [0.717, 1.165) is 5.56 Å². The molecule has 0 bridgehead atoms. The van der Waals surface area contributed by atoms with Crippen LogP contribution < -0.4 is 0 Å². The maximum absolute atomic E-state index is 9.83. The van der Waals surface area contributed by atoms with E-state index in [2.05, 4.69) is 0 Å². The van der Waals surface area contributed by atoms with Gasteiger partial charge in [-0.25, -0.2) is 0 Å². The minimum Gasteiger partial charge on any atom is -0.393 e. The quantitative estimate of drug-likeness (QED) is 0.734. The van der Waals surface area contributed by atoms with Crippen molar-refractivity contribution in [1.29, 1.82) is 0 Å². The molecule has 0 heterocycles. The Morgan fingerprint density at radius 3 is 2.31 bits per heavy atom. The highest BCUT2D eigenvalue weighted by Crippen LogP contribution is 2.16. The van der Waals surface area contributed by atoms with E-state index in [4.69, 9.17) is 5.11 Å². The summed E-state index contributed by atoms with van der Waals surface area (Å²) in [6.45, 7) is 1.69. The first-order chi connectivity index (χ1) is 6.20. The van der Waals surface area contributed by atoms with Gasteiger partial charge in [-0.15, -0.1) is 0 Å². The van der Waals surface area contributed by atoms with Gasteiger partial charge in [0.25, 0.3) is 0 Å². The Balaban J connectivity index is 2.68. The van der Waals surface area contributed by atoms with Gasteiger partial charge in [0.15, 0.2) is 0 Å². The maximum Gasteiger partial charge on any atom is 0.0914 e. The molecular formula is C11H16O2. The number of benzene rings is 1. The van der Waals surface area contributed by atoms with Gasteiger partial charge in [-0.2, -0.15) is 0 Å². The molecule has 0 spiro atoms. The van der Waals surface area contributed by atoms with E-state index < -0.39 is 5.60 Å². The molecule has 0 fully saturated rings. The van der Waals surface area contributed by atoms with Gasteiger partial charge in [0, 0.05) is 6.42 Å². The molecule has 0 radical (unpaired) electrons. The molecule has 0 saturated carbocycles. The van der Waals surface area contributed by atoms with Crippen LogP contribution in [0.1, 0.15) is 18.9 Å². The first kappa shape index (κ1) is 10.2. The molecule has 0 amide bonds. The van der Waals surface area contributed by atoms with Gasteiger partial charge in [0.05, 0.1) is 12.2 Å². The Kier molecular flexibility index (Phi) is 3.46. The van der Waals surface area contributed by atoms with Crippen LogP contribution >= 0.6 is 0 Å². The average Bonchev–Trinajstić information content (AvgIpc) is 2.19. The lowest BCUT2D eigenvalue weighted by atomic mass is 9.93. The van der Waals surface area contributed by atoms with Crippen LogP contribution in [0.5, 0.6) is 0 Å². The molecule has 0 aliphatic rings. The van der Waals surface area contributed by atoms with Crippen molar-refractivity contribution >= 4 is 0 Å². The number of aliphatic hydroxyl groups is 2. The van der Waals surface area contributed by atoms with E-state index in [1.54, 1.807) is 0 Å². The van der Waals surface area contributed by atoms with Crippen molar-refractivity contribution in [1.82, 2.24) is 0 Å². The summed E-state index contributed by atoms with van der Waals surface area (Å²) < 4.78 is 0. The zero-order valence-electron chi connectivity index (χ0n) is 7.90. The van der Waals surface area contributed by atoms with Crippen LogP contribution in [0.4, 0.5) is 0 Å². The van der Waals surface area contributed by atoms with E-state index >= 15 is 0 Å². The molecule has 1 aromatic rings. The zero-order valence-corrected chi connectivity index (χ0v) is 7.90. The fourth-order valence-electron chi connectivity index (χ4n) is 1.27. The average molecular weight is 180 g/mol. The monoisotopic (exact) mass is 180 g/mol. The first-order valence-electron chi connectivity index (χ1n) is 4.57. The molecule has 0 saturated heterocycles. The van der Waals surface area contributed by atoms with Gasteiger partial charge in [0.2, 0.25) is 0 Å². The topological polar surface area (TPSA) is 40.5 Å². The third-order valence-corrected chi connectivity index (χ3v) is 2.33. The standard InChI is InChI=1S/C11H16O2/c1-2-11(13,9-12)8-10-6-4-3-5-7-10/h3-7,12-13H,2,8-9H2,1H3. The summed E-state index contributed by atoms with van der Waals surface area (Å²) in [5.74, 6) is 0. The highest BCUT2D eigenvalue weighted by molar-refractivity contribution is 5.16. The molecule has 2 N–H and O–H groups in total. The largest absolute Gasteiger partial charge is 0.393 e. The maximum atomic E-state index is 9.83. The van der Waals surface area contributed by atoms with Gasteiger partial charge in [0.1, 0.15) is 0 Å². The molecule has 1 rings (SSSR count). The fourth-order valence-corrected chi connectivity index (χ4v) is 1.27. The van der Waals surface area contributed by atoms with Crippen molar-refractivity contribution in [3.05, 3.63) is 35.9 Å². The second-order valence-corrected chi connectivity index (χ2v) is 3.40. The molecular weight excluding hydrogens is 164 g/mol. The Bertz CT molecular complexity index is 240. The van der Waals surface area contributed by atoms with Gasteiger partial charge < -0.3 is 10.2 Å². The lowest BCUT2D eigenvalue weighted by molar-refractivity contribution is -0.0169. The van der Waals surface area contributed by atoms with E-state index in [1.807, 2.05) is 37.3 Å². The van der Waals surface area contributed by atoms with E-state index in [0.29, 0.717) is 12.8 Å². The zero-order chi connectivity index (χ0) is 9.73. The van der Waals surface area contributed by atoms with Gasteiger partial charge in [-0.3, -0.25) is 0 Å². The molecule has 0 aromatic heterocycles. The number of aliphatic hydroxyl groups excluding tert-OH is 1. The lowest BCUT2D eigenvalue weighted by Gasteiger charge is -2.23. The minimum absolute atomic E-state index is 0.182. The minimum atomic E-state index is -0.957. The van der Waals surface area contributed by atoms with Gasteiger partial charge >= 0.3 is 0 Å². The predicted molar refractivity (Wildman–Crippen MR) is 52.5 cm³/mol. The van der Waals surface area contributed by atoms with Crippen molar-refractivity contribution in [2.24, 2.45) is 0 Å². The molecule has 0 aliphatic carbocycles. The Morgan fingerprint density at radius 2 is 1.85 bits per heavy atom. The van der Waals surface area contributed by atoms with Crippen LogP contribution in [0.3, 0.4) is 0 Å². The van der Waals surface area contributed by atoms with Crippen LogP contribution in [0.25, 0.3) is 0 Å². The van der Waals surface area contributed by atoms with Gasteiger partial charge in [-0.05, 0) is 12.0 Å². The van der Waals surface area contributed by atoms with Crippen LogP contribution in [0.15, 0.2) is 30.3 Å². The molecule has 1 aromatic carbocycles. The molecule has 2 heteroatoms. The van der Waals surface area contributed by atoms with Crippen LogP contribution in [-0.4, -0.2) is 22.4 Å². The van der Waals surface area contributed by atoms with Gasteiger partial charge in [-0.1, -0.05) is 37.3 Å². The lowest BCUT2D eigenvalue weighted by Crippen LogP contribution is -2.34. The van der Waals surface area contributed by atoms with Crippen LogP contribution in [0, 0.1) is 0 Å². The first-order valence-corrected chi connectivity index (χ1v) is 4.57. The van der Waals surface area contributed by atoms with Crippen LogP contribution in [0.2, 0.25) is 0 Å². The Hall–Kier alpha value is -0.860. The van der Waals surface area contributed by atoms with E-state index in [-0.39, 0.29) is 6.61 Å². The summed E-state index contributed by atoms with van der Waals surface area (Å²) in [6.07, 6.45) is 1.08. The van der Waals surface area contributed by atoms with Crippen molar-refractivity contribution in [2.45, 2.75) is 25.4 Å². The summed E-state index contributed by atoms with van der Waals surface area (Å²) in [7, 11) is 0. The highest BCUT2D eigenvalue weighted by Gasteiger charge is 2.23. The summed E-state index contributed by atoms with van der Waals surface area (Å²) in [5.41, 5.74) is 0.0994. The van der Waals surface area contributed by atoms with Crippen molar-refractivity contribution < 1.29 is 10.2 Å². The third-order valence-electron chi connectivity index (χ3n) is 2.33. The fraction of sp³-hybridized carbons (Fsp3) is 0.455. The summed E-state index contributed by atoms with van der Waals surface area (Å²) >= 11 is 0. The van der Waals surface area contributed by atoms with Crippen molar-refractivity contribution in [3.8, 4) is 0 Å². The summed E-state index contributed by atoms with van der Waals surface area (Å²) in [4.78, 5) is 0. The van der Waals surface area contributed by atoms with E-state index in [1.165, 1.54) is 0 Å². The highest BCUT2D eigenvalue weighted by atomic mass is 16.3. The smallest absolute Gasteiger partial charge is 0.0914 e. The number of hydrogen-bond donors (Lipinski definition) is 2. The molecule has 72 valence electrons. The number of rotatable bonds is 4. The molecule has 1 unspecified atom stereocenters. The Morgan fingerprint density at radius 1 is 1.23 bits per heavy atom. The normalized spacial score (nSPS) is 15.3. The SMILES string of the molecule is CCC(O)(CO)Cc1ccccc1.